The van der Waals surface area contributed by atoms with Crippen LogP contribution in [-0.4, -0.2) is 14.1 Å². The first-order valence-electron chi connectivity index (χ1n) is 1.73. The minimum atomic E-state index is -0.139. The predicted octanol–water partition coefficient (Wildman–Crippen LogP) is 1.37. The summed E-state index contributed by atoms with van der Waals surface area (Å²) in [7, 11) is 0. The van der Waals surface area contributed by atoms with Crippen molar-refractivity contribution in [3.8, 4) is 0 Å². The molecule has 0 saturated carbocycles. The first-order valence-corrected chi connectivity index (χ1v) is 5.20. The van der Waals surface area contributed by atoms with Gasteiger partial charge in [-0.15, -0.1) is 17.4 Å². The van der Waals surface area contributed by atoms with Gasteiger partial charge < -0.3 is 0 Å². The molecule has 0 aromatic heterocycles. The molecule has 0 amide bonds. The van der Waals surface area contributed by atoms with Crippen LogP contribution in [0.3, 0.4) is 0 Å². The Balaban J connectivity index is 2.32. The Hall–Kier alpha value is 0.532. The Morgan fingerprint density at radius 1 is 1.00 bits per heavy atom. The smallest absolute Gasteiger partial charge is 0.106 e. The molecule has 0 atom stereocenters. The lowest BCUT2D eigenvalue weighted by atomic mass is 4.60. The Morgan fingerprint density at radius 2 is 1.00 bits per heavy atom. The fourth-order valence-electron chi connectivity index (χ4n) is 0. The van der Waals surface area contributed by atoms with E-state index in [0.717, 1.165) is 0 Å². The van der Waals surface area contributed by atoms with Gasteiger partial charge in [-0.25, -0.2) is 0 Å². The van der Waals surface area contributed by atoms with Gasteiger partial charge in [-0.05, 0) is 0 Å². The van der Waals surface area contributed by atoms with Crippen LogP contribution in [0.4, 0.5) is 0 Å². The van der Waals surface area contributed by atoms with E-state index in [2.05, 4.69) is 17.4 Å². The molecule has 0 radical (unpaired) electrons. The van der Waals surface area contributed by atoms with Crippen LogP contribution >= 0.6 is 0 Å². The van der Waals surface area contributed by atoms with Crippen molar-refractivity contribution in [2.75, 3.05) is 0 Å². The molecule has 0 rings (SSSR count). The topological polar surface area (TPSA) is 0 Å². The second-order valence-corrected chi connectivity index (χ2v) is 5.20. The highest BCUT2D eigenvalue weighted by Crippen LogP contribution is 1.68. The highest BCUT2D eigenvalue weighted by Gasteiger charge is 1.81. The molecule has 0 bridgehead atoms. The predicted molar refractivity (Wildman–Crippen MR) is 23.3 cm³/mol. The number of hydrogen-bond acceptors (Lipinski definition) is 0. The van der Waals surface area contributed by atoms with Gasteiger partial charge >= 0.3 is 0 Å². The largest absolute Gasteiger partial charge is 0.251 e. The van der Waals surface area contributed by atoms with E-state index in [1.54, 1.807) is 0 Å². The monoisotopic (exact) mass is 50.1 g/mol. The zero-order chi connectivity index (χ0) is 3.58. The second kappa shape index (κ2) is 1.82. The quantitative estimate of drug-likeness (QED) is 0.364. The molecule has 0 aromatic rings. The molecule has 0 heterocycles. The van der Waals surface area contributed by atoms with Crippen LogP contribution in [0.15, 0.2) is 0 Å². The molecule has 0 aliphatic heterocycles. The fourth-order valence-corrected chi connectivity index (χ4v) is 0. The van der Waals surface area contributed by atoms with Crippen LogP contribution in [0.5, 0.6) is 0 Å². The van der Waals surface area contributed by atoms with Gasteiger partial charge in [-0.1, -0.05) is 0 Å². The summed E-state index contributed by atoms with van der Waals surface area (Å²) < 4.78 is 0. The zero-order valence-corrected chi connectivity index (χ0v) is 4.73. The average Bonchev–Trinajstić information content (AvgIpc) is 0.811. The van der Waals surface area contributed by atoms with Crippen LogP contribution < -0.4 is 0 Å². The van der Waals surface area contributed by atoms with Crippen molar-refractivity contribution in [3.05, 3.63) is 0 Å². The van der Waals surface area contributed by atoms with Gasteiger partial charge in [0.05, 0.1) is 0 Å². The molecule has 24 valence electrons. The minimum absolute atomic E-state index is 0.139. The summed E-state index contributed by atoms with van der Waals surface area (Å²) in [5.74, 6) is 6.92. The van der Waals surface area contributed by atoms with Gasteiger partial charge in [-0.2, -0.15) is 0 Å². The van der Waals surface area contributed by atoms with E-state index in [1.165, 1.54) is 0 Å². The second-order valence-electron chi connectivity index (χ2n) is 1.73. The average molecular weight is 50.1 g/mol. The lowest BCUT2D eigenvalue weighted by Gasteiger charge is -1.67. The summed E-state index contributed by atoms with van der Waals surface area (Å²) in [6.45, 7) is 0. The van der Waals surface area contributed by atoms with Gasteiger partial charge in [-0.3, -0.25) is 0 Å². The Kier molecular flexibility index (Phi) is 2.06. The molecule has 4 heavy (non-hydrogen) atoms. The van der Waals surface area contributed by atoms with E-state index in [9.17, 15) is 0 Å². The van der Waals surface area contributed by atoms with Gasteiger partial charge in [0, 0.05) is 0 Å². The normalized spacial score (nSPS) is 6.75. The van der Waals surface area contributed by atoms with Crippen LogP contribution in [0.25, 0.3) is 0 Å². The molecule has 0 aromatic carbocycles. The van der Waals surface area contributed by atoms with Gasteiger partial charge in [0.25, 0.3) is 14.1 Å². The highest BCUT2D eigenvalue weighted by molar-refractivity contribution is 6.54. The lowest BCUT2D eigenvalue weighted by Crippen LogP contribution is -1.84. The van der Waals surface area contributed by atoms with Crippen LogP contribution in [0, 0.1) is 0 Å². The van der Waals surface area contributed by atoms with E-state index in [4.69, 9.17) is 0 Å². The van der Waals surface area contributed by atoms with Gasteiger partial charge in [0.1, 0.15) is 0 Å². The van der Waals surface area contributed by atoms with Crippen molar-refractivity contribution in [1.29, 1.82) is 0 Å². The molecule has 0 aliphatic carbocycles. The molecule has 0 nitrogen and oxygen atoms in total. The molecular weight excluding hydrogens is 41.0 g/mol. The van der Waals surface area contributed by atoms with Crippen LogP contribution in [-0.2, 0) is 0 Å². The summed E-state index contributed by atoms with van der Waals surface area (Å²) in [6.07, 6.45) is 0. The van der Waals surface area contributed by atoms with E-state index < -0.39 is 0 Å². The molecule has 0 fully saturated rings. The van der Waals surface area contributed by atoms with E-state index >= 15 is 0 Å². The first-order chi connectivity index (χ1) is 1.73. The summed E-state index contributed by atoms with van der Waals surface area (Å²) in [5, 5.41) is 0. The lowest BCUT2D eigenvalue weighted by molar-refractivity contribution is 1.91. The van der Waals surface area contributed by atoms with E-state index in [0.29, 0.717) is 0 Å². The Labute approximate surface area is 32.2 Å². The summed E-state index contributed by atoms with van der Waals surface area (Å²) in [4.78, 5) is 0. The Bertz CT molecular complexity index is 8.00. The third-order valence-electron chi connectivity index (χ3n) is 0. The molecule has 0 aliphatic rings. The molecule has 1 heteroatoms. The molecule has 0 saturated heterocycles. The molecule has 0 spiro atoms. The molecule has 0 unspecified atom stereocenters. The van der Waals surface area contributed by atoms with Crippen molar-refractivity contribution >= 4 is 14.1 Å². The van der Waals surface area contributed by atoms with Gasteiger partial charge in [0.15, 0.2) is 0 Å². The third kappa shape index (κ3) is 21.0. The first kappa shape index (κ1) is 4.53. The molecule has 0 N–H and O–H groups in total. The number of rotatable bonds is 0. The maximum Gasteiger partial charge on any atom is 0.251 e. The third-order valence-corrected chi connectivity index (χ3v) is 0. The maximum atomic E-state index is 2.31. The van der Waals surface area contributed by atoms with Crippen molar-refractivity contribution in [2.24, 2.45) is 0 Å². The van der Waals surface area contributed by atoms with Crippen molar-refractivity contribution < 1.29 is 0 Å². The van der Waals surface area contributed by atoms with Gasteiger partial charge in [0.2, 0.25) is 0 Å². The maximum absolute atomic E-state index is 2.31. The molecular formula is C3H9Al. The van der Waals surface area contributed by atoms with E-state index in [-0.39, 0.29) is 14.1 Å². The standard InChI is InChI=1S/3CH3.Al/h3*1H3;/i;;;1-22. The SMILES string of the molecule is [CH3][5Al]([CH3])[CH3]. The Morgan fingerprint density at radius 3 is 1.00 bits per heavy atom. The van der Waals surface area contributed by atoms with Crippen molar-refractivity contribution in [1.82, 2.24) is 0 Å². The van der Waals surface area contributed by atoms with Crippen molar-refractivity contribution in [2.45, 2.75) is 17.4 Å². The highest BCUT2D eigenvalue weighted by atomic mass is 12.4. The van der Waals surface area contributed by atoms with Crippen molar-refractivity contribution in [3.63, 3.8) is 0 Å². The summed E-state index contributed by atoms with van der Waals surface area (Å²) in [5.41, 5.74) is 0. The van der Waals surface area contributed by atoms with Crippen LogP contribution in [0.2, 0.25) is 17.4 Å². The summed E-state index contributed by atoms with van der Waals surface area (Å²) in [6, 6.07) is 0. The zero-order valence-electron chi connectivity index (χ0n) is 3.58. The number of hydrogen-bond donors (Lipinski definition) is 0. The minimum Gasteiger partial charge on any atom is -0.106 e. The van der Waals surface area contributed by atoms with E-state index in [1.807, 2.05) is 0 Å². The van der Waals surface area contributed by atoms with Crippen LogP contribution in [0.1, 0.15) is 0 Å². The summed E-state index contributed by atoms with van der Waals surface area (Å²) >= 11 is -0.139. The fraction of sp³-hybridized carbons (Fsp3) is 1.00.